The highest BCUT2D eigenvalue weighted by atomic mass is 32.2. The van der Waals surface area contributed by atoms with Gasteiger partial charge in [0.15, 0.2) is 0 Å². The second-order valence-electron chi connectivity index (χ2n) is 3.65. The summed E-state index contributed by atoms with van der Waals surface area (Å²) >= 11 is 1.78. The van der Waals surface area contributed by atoms with Crippen molar-refractivity contribution in [3.63, 3.8) is 0 Å². The molecule has 0 aliphatic carbocycles. The maximum Gasteiger partial charge on any atom is 0.236 e. The molecule has 3 N–H and O–H groups in total. The smallest absolute Gasteiger partial charge is 0.236 e. The molecular weight excluding hydrogens is 240 g/mol. The summed E-state index contributed by atoms with van der Waals surface area (Å²) in [6, 6.07) is -0.176. The van der Waals surface area contributed by atoms with E-state index in [1.807, 2.05) is 6.92 Å². The van der Waals surface area contributed by atoms with E-state index in [0.29, 0.717) is 13.2 Å². The Kier molecular flexibility index (Phi) is 12.0. The molecule has 5 nitrogen and oxygen atoms in total. The van der Waals surface area contributed by atoms with Crippen molar-refractivity contribution >= 4 is 17.7 Å². The number of hydrogen-bond acceptors (Lipinski definition) is 5. The third kappa shape index (κ3) is 10.6. The van der Waals surface area contributed by atoms with Gasteiger partial charge in [-0.2, -0.15) is 11.8 Å². The van der Waals surface area contributed by atoms with E-state index < -0.39 is 0 Å². The highest BCUT2D eigenvalue weighted by Crippen LogP contribution is 2.00. The fraction of sp³-hybridized carbons (Fsp3) is 0.909. The quantitative estimate of drug-likeness (QED) is 0.453. The van der Waals surface area contributed by atoms with E-state index in [9.17, 15) is 4.79 Å². The Labute approximate surface area is 108 Å². The zero-order valence-corrected chi connectivity index (χ0v) is 11.5. The molecule has 0 saturated heterocycles. The van der Waals surface area contributed by atoms with Gasteiger partial charge in [0.05, 0.1) is 12.6 Å². The first-order chi connectivity index (χ1) is 8.22. The lowest BCUT2D eigenvalue weighted by atomic mass is 10.3. The summed E-state index contributed by atoms with van der Waals surface area (Å²) in [5.74, 6) is 1.92. The van der Waals surface area contributed by atoms with Crippen molar-refractivity contribution in [1.82, 2.24) is 10.6 Å². The topological polar surface area (TPSA) is 70.6 Å². The number of nitrogens with one attached hydrogen (secondary N) is 2. The first kappa shape index (κ1) is 16.7. The van der Waals surface area contributed by atoms with Crippen molar-refractivity contribution in [2.24, 2.45) is 0 Å². The molecule has 1 atom stereocenters. The number of rotatable bonds is 11. The lowest BCUT2D eigenvalue weighted by molar-refractivity contribution is -0.122. The number of amides is 1. The molecule has 0 spiro atoms. The van der Waals surface area contributed by atoms with E-state index in [1.54, 1.807) is 18.9 Å². The van der Waals surface area contributed by atoms with Gasteiger partial charge >= 0.3 is 0 Å². The molecule has 102 valence electrons. The summed E-state index contributed by atoms with van der Waals surface area (Å²) in [6.07, 6.45) is 0.831. The molecule has 0 radical (unpaired) electrons. The molecule has 0 bridgehead atoms. The number of methoxy groups -OCH3 is 1. The number of carbonyl (C=O) groups excluding carboxylic acids is 1. The minimum absolute atomic E-state index is 0.00223. The fourth-order valence-electron chi connectivity index (χ4n) is 1.14. The Hall–Kier alpha value is -0.300. The Morgan fingerprint density at radius 3 is 2.82 bits per heavy atom. The molecule has 0 fully saturated rings. The average molecular weight is 264 g/mol. The molecule has 6 heteroatoms. The molecular formula is C11H24N2O3S. The first-order valence-electron chi connectivity index (χ1n) is 5.91. The molecule has 0 aliphatic rings. The van der Waals surface area contributed by atoms with Crippen molar-refractivity contribution < 1.29 is 14.6 Å². The van der Waals surface area contributed by atoms with Crippen LogP contribution in [0, 0.1) is 0 Å². The van der Waals surface area contributed by atoms with Crippen LogP contribution >= 0.6 is 11.8 Å². The first-order valence-corrected chi connectivity index (χ1v) is 7.06. The summed E-state index contributed by atoms with van der Waals surface area (Å²) in [7, 11) is 1.61. The molecule has 1 amide bonds. The van der Waals surface area contributed by atoms with E-state index >= 15 is 0 Å². The Balaban J connectivity index is 3.37. The molecule has 0 aliphatic heterocycles. The van der Waals surface area contributed by atoms with Gasteiger partial charge in [-0.25, -0.2) is 0 Å². The Morgan fingerprint density at radius 1 is 1.41 bits per heavy atom. The van der Waals surface area contributed by atoms with Crippen LogP contribution in [0.2, 0.25) is 0 Å². The molecule has 17 heavy (non-hydrogen) atoms. The van der Waals surface area contributed by atoms with E-state index in [4.69, 9.17) is 9.84 Å². The van der Waals surface area contributed by atoms with Gasteiger partial charge in [-0.05, 0) is 19.1 Å². The third-order valence-corrected chi connectivity index (χ3v) is 3.21. The SMILES string of the molecule is COCCNC(=O)C(C)NCCSCCCO. The highest BCUT2D eigenvalue weighted by molar-refractivity contribution is 7.99. The van der Waals surface area contributed by atoms with Crippen molar-refractivity contribution in [1.29, 1.82) is 0 Å². The third-order valence-electron chi connectivity index (χ3n) is 2.14. The van der Waals surface area contributed by atoms with E-state index in [-0.39, 0.29) is 18.6 Å². The van der Waals surface area contributed by atoms with Gasteiger partial charge < -0.3 is 20.5 Å². The van der Waals surface area contributed by atoms with Crippen molar-refractivity contribution in [2.75, 3.05) is 44.9 Å². The van der Waals surface area contributed by atoms with Crippen molar-refractivity contribution in [3.8, 4) is 0 Å². The van der Waals surface area contributed by atoms with Crippen molar-refractivity contribution in [2.45, 2.75) is 19.4 Å². The zero-order valence-electron chi connectivity index (χ0n) is 10.7. The predicted octanol–water partition coefficient (Wildman–Crippen LogP) is -0.157. The Bertz CT molecular complexity index is 194. The average Bonchev–Trinajstić information content (AvgIpc) is 2.33. The van der Waals surface area contributed by atoms with Gasteiger partial charge in [-0.3, -0.25) is 4.79 Å². The number of aliphatic hydroxyl groups is 1. The lowest BCUT2D eigenvalue weighted by Gasteiger charge is -2.13. The molecule has 0 aromatic rings. The second kappa shape index (κ2) is 12.2. The van der Waals surface area contributed by atoms with Crippen molar-refractivity contribution in [3.05, 3.63) is 0 Å². The van der Waals surface area contributed by atoms with Crippen LogP contribution in [0.1, 0.15) is 13.3 Å². The molecule has 0 heterocycles. The van der Waals surface area contributed by atoms with E-state index in [0.717, 1.165) is 24.5 Å². The molecule has 0 rings (SSSR count). The zero-order chi connectivity index (χ0) is 12.9. The predicted molar refractivity (Wildman–Crippen MR) is 71.4 cm³/mol. The monoisotopic (exact) mass is 264 g/mol. The molecule has 1 unspecified atom stereocenters. The summed E-state index contributed by atoms with van der Waals surface area (Å²) in [4.78, 5) is 11.5. The minimum atomic E-state index is -0.176. The van der Waals surface area contributed by atoms with Gasteiger partial charge in [0.1, 0.15) is 0 Å². The summed E-state index contributed by atoms with van der Waals surface area (Å²) in [5, 5.41) is 14.5. The summed E-state index contributed by atoms with van der Waals surface area (Å²) in [6.45, 7) is 3.98. The van der Waals surface area contributed by atoms with Crippen LogP contribution in [0.15, 0.2) is 0 Å². The number of hydrogen-bond donors (Lipinski definition) is 3. The van der Waals surface area contributed by atoms with Crippen LogP contribution in [-0.4, -0.2) is 62.0 Å². The standard InChI is InChI=1S/C11H24N2O3S/c1-10(11(15)13-4-7-16-2)12-5-9-17-8-3-6-14/h10,12,14H,3-9H2,1-2H3,(H,13,15). The van der Waals surface area contributed by atoms with Gasteiger partial charge in [-0.15, -0.1) is 0 Å². The van der Waals surface area contributed by atoms with Crippen LogP contribution in [0.4, 0.5) is 0 Å². The minimum Gasteiger partial charge on any atom is -0.396 e. The number of aliphatic hydroxyl groups excluding tert-OH is 1. The van der Waals surface area contributed by atoms with Crippen LogP contribution in [-0.2, 0) is 9.53 Å². The van der Waals surface area contributed by atoms with Crippen LogP contribution in [0.3, 0.4) is 0 Å². The highest BCUT2D eigenvalue weighted by Gasteiger charge is 2.10. The number of carbonyl (C=O) groups is 1. The number of ether oxygens (including phenoxy) is 1. The van der Waals surface area contributed by atoms with Gasteiger partial charge in [-0.1, -0.05) is 0 Å². The van der Waals surface area contributed by atoms with Gasteiger partial charge in [0.25, 0.3) is 0 Å². The summed E-state index contributed by atoms with van der Waals surface area (Å²) in [5.41, 5.74) is 0. The van der Waals surface area contributed by atoms with Gasteiger partial charge in [0, 0.05) is 32.6 Å². The van der Waals surface area contributed by atoms with Crippen LogP contribution < -0.4 is 10.6 Å². The maximum atomic E-state index is 11.5. The normalized spacial score (nSPS) is 12.4. The molecule has 0 saturated carbocycles. The van der Waals surface area contributed by atoms with E-state index in [2.05, 4.69) is 10.6 Å². The largest absolute Gasteiger partial charge is 0.396 e. The fourth-order valence-corrected chi connectivity index (χ4v) is 1.94. The van der Waals surface area contributed by atoms with Gasteiger partial charge in [0.2, 0.25) is 5.91 Å². The lowest BCUT2D eigenvalue weighted by Crippen LogP contribution is -2.43. The number of thioether (sulfide) groups is 1. The summed E-state index contributed by atoms with van der Waals surface area (Å²) < 4.78 is 4.85. The molecule has 0 aromatic carbocycles. The second-order valence-corrected chi connectivity index (χ2v) is 4.87. The van der Waals surface area contributed by atoms with E-state index in [1.165, 1.54) is 0 Å². The maximum absolute atomic E-state index is 11.5. The Morgan fingerprint density at radius 2 is 2.18 bits per heavy atom. The van der Waals surface area contributed by atoms with Crippen LogP contribution in [0.5, 0.6) is 0 Å². The molecule has 0 aromatic heterocycles. The van der Waals surface area contributed by atoms with Crippen LogP contribution in [0.25, 0.3) is 0 Å².